The van der Waals surface area contributed by atoms with E-state index in [0.29, 0.717) is 24.3 Å². The third-order valence-corrected chi connectivity index (χ3v) is 4.36. The Bertz CT molecular complexity index is 927. The number of aromatic nitrogens is 5. The van der Waals surface area contributed by atoms with Crippen LogP contribution in [0, 0.1) is 11.7 Å². The van der Waals surface area contributed by atoms with E-state index in [1.165, 1.54) is 0 Å². The second kappa shape index (κ2) is 8.09. The zero-order valence-corrected chi connectivity index (χ0v) is 15.7. The number of nitrogens with zero attached hydrogens (tertiary/aromatic N) is 4. The van der Waals surface area contributed by atoms with Crippen molar-refractivity contribution in [1.29, 1.82) is 0 Å². The van der Waals surface area contributed by atoms with E-state index in [9.17, 15) is 4.79 Å². The number of hydrogen-bond acceptors (Lipinski definition) is 4. The number of carbonyl (C=O) groups excluding carboxylic acids is 1. The van der Waals surface area contributed by atoms with E-state index < -0.39 is 0 Å². The van der Waals surface area contributed by atoms with Crippen LogP contribution in [0.1, 0.15) is 18.9 Å². The molecule has 1 unspecified atom stereocenters. The Morgan fingerprint density at radius 1 is 1.42 bits per heavy atom. The van der Waals surface area contributed by atoms with E-state index in [0.717, 1.165) is 17.0 Å². The molecule has 1 atom stereocenters. The lowest BCUT2D eigenvalue weighted by Gasteiger charge is -2.15. The quantitative estimate of drug-likeness (QED) is 0.627. The van der Waals surface area contributed by atoms with Gasteiger partial charge in [-0.2, -0.15) is 5.10 Å². The smallest absolute Gasteiger partial charge is 0.222 e. The maximum atomic E-state index is 12.3. The Balaban J connectivity index is 1.62. The Morgan fingerprint density at radius 2 is 2.27 bits per heavy atom. The molecule has 0 radical (unpaired) electrons. The number of amides is 1. The molecule has 0 aliphatic carbocycles. The van der Waals surface area contributed by atoms with Crippen LogP contribution >= 0.6 is 12.2 Å². The fourth-order valence-corrected chi connectivity index (χ4v) is 3.07. The van der Waals surface area contributed by atoms with E-state index in [1.54, 1.807) is 12.5 Å². The van der Waals surface area contributed by atoms with Crippen LogP contribution in [-0.4, -0.2) is 36.3 Å². The van der Waals surface area contributed by atoms with Crippen molar-refractivity contribution in [3.8, 4) is 11.4 Å². The molecule has 2 aromatic heterocycles. The van der Waals surface area contributed by atoms with E-state index >= 15 is 0 Å². The summed E-state index contributed by atoms with van der Waals surface area (Å²) in [6.07, 6.45) is 5.67. The molecule has 136 valence electrons. The van der Waals surface area contributed by atoms with Crippen molar-refractivity contribution >= 4 is 18.1 Å². The van der Waals surface area contributed by atoms with Crippen molar-refractivity contribution in [2.75, 3.05) is 0 Å². The molecule has 3 rings (SSSR count). The van der Waals surface area contributed by atoms with Gasteiger partial charge < -0.3 is 9.88 Å². The minimum atomic E-state index is -0.0177. The molecule has 1 aromatic carbocycles. The van der Waals surface area contributed by atoms with Gasteiger partial charge in [0.05, 0.1) is 6.33 Å². The van der Waals surface area contributed by atoms with Crippen molar-refractivity contribution in [3.05, 3.63) is 53.3 Å². The average Bonchev–Trinajstić information content (AvgIpc) is 3.22. The van der Waals surface area contributed by atoms with Crippen LogP contribution < -0.4 is 5.32 Å². The molecule has 0 fully saturated rings. The number of imidazole rings is 1. The molecule has 26 heavy (non-hydrogen) atoms. The molecule has 0 saturated carbocycles. The minimum absolute atomic E-state index is 0.0177. The lowest BCUT2D eigenvalue weighted by atomic mass is 10.1. The number of nitrogens with one attached hydrogen (secondary N) is 2. The normalized spacial score (nSPS) is 12.1. The highest BCUT2D eigenvalue weighted by atomic mass is 32.1. The minimum Gasteiger partial charge on any atom is -0.352 e. The third-order valence-electron chi connectivity index (χ3n) is 4.05. The maximum Gasteiger partial charge on any atom is 0.222 e. The Hall–Kier alpha value is -2.74. The summed E-state index contributed by atoms with van der Waals surface area (Å²) in [7, 11) is 0. The van der Waals surface area contributed by atoms with Gasteiger partial charge in [0, 0.05) is 43.5 Å². The number of carbonyl (C=O) groups is 1. The van der Waals surface area contributed by atoms with Gasteiger partial charge in [-0.05, 0) is 32.1 Å². The molecular weight excluding hydrogens is 348 g/mol. The molecule has 2 N–H and O–H groups in total. The highest BCUT2D eigenvalue weighted by Crippen LogP contribution is 2.18. The molecular formula is C18H22N6OS. The Morgan fingerprint density at radius 3 is 3.00 bits per heavy atom. The molecule has 2 heterocycles. The lowest BCUT2D eigenvalue weighted by molar-refractivity contribution is -0.122. The highest BCUT2D eigenvalue weighted by molar-refractivity contribution is 7.71. The molecule has 0 aliphatic heterocycles. The topological polar surface area (TPSA) is 80.5 Å². The van der Waals surface area contributed by atoms with Gasteiger partial charge >= 0.3 is 0 Å². The van der Waals surface area contributed by atoms with Gasteiger partial charge in [-0.1, -0.05) is 23.8 Å². The van der Waals surface area contributed by atoms with Gasteiger partial charge in [-0.3, -0.25) is 14.5 Å². The molecule has 7 nitrogen and oxygen atoms in total. The van der Waals surface area contributed by atoms with Crippen LogP contribution in [0.15, 0.2) is 43.0 Å². The summed E-state index contributed by atoms with van der Waals surface area (Å²) in [5.74, 6) is 0.730. The second-order valence-corrected chi connectivity index (χ2v) is 6.74. The highest BCUT2D eigenvalue weighted by Gasteiger charge is 2.12. The number of benzene rings is 1. The zero-order valence-electron chi connectivity index (χ0n) is 14.8. The molecule has 8 heteroatoms. The number of hydrogen-bond donors (Lipinski definition) is 2. The van der Waals surface area contributed by atoms with Gasteiger partial charge in [0.1, 0.15) is 0 Å². The first-order chi connectivity index (χ1) is 12.5. The van der Waals surface area contributed by atoms with Crippen LogP contribution in [0.3, 0.4) is 0 Å². The number of aryl methyl sites for hydroxylation is 1. The maximum absolute atomic E-state index is 12.3. The largest absolute Gasteiger partial charge is 0.352 e. The summed E-state index contributed by atoms with van der Waals surface area (Å²) in [5, 5.41) is 10.1. The van der Waals surface area contributed by atoms with Crippen LogP contribution in [0.4, 0.5) is 0 Å². The standard InChI is InChI=1S/C18H22N6OS/c1-13-4-3-5-15(10-13)17-21-22-18(26)24(17)8-6-16(25)20-14(2)11-23-9-7-19-12-23/h3-5,7,9-10,12,14H,6,8,11H2,1-2H3,(H,20,25)(H,22,26). The molecule has 0 saturated heterocycles. The first-order valence-electron chi connectivity index (χ1n) is 8.50. The van der Waals surface area contributed by atoms with Crippen molar-refractivity contribution in [2.45, 2.75) is 39.4 Å². The fourth-order valence-electron chi connectivity index (χ4n) is 2.85. The summed E-state index contributed by atoms with van der Waals surface area (Å²) in [5.41, 5.74) is 2.13. The summed E-state index contributed by atoms with van der Waals surface area (Å²) < 4.78 is 4.32. The Labute approximate surface area is 157 Å². The summed E-state index contributed by atoms with van der Waals surface area (Å²) in [4.78, 5) is 16.3. The van der Waals surface area contributed by atoms with E-state index in [4.69, 9.17) is 12.2 Å². The van der Waals surface area contributed by atoms with Crippen molar-refractivity contribution in [1.82, 2.24) is 29.6 Å². The van der Waals surface area contributed by atoms with E-state index in [-0.39, 0.29) is 11.9 Å². The van der Waals surface area contributed by atoms with Crippen molar-refractivity contribution in [2.24, 2.45) is 0 Å². The monoisotopic (exact) mass is 370 g/mol. The fraction of sp³-hybridized carbons (Fsp3) is 0.333. The van der Waals surface area contributed by atoms with Crippen LogP contribution in [0.25, 0.3) is 11.4 Å². The molecule has 0 aliphatic rings. The average molecular weight is 370 g/mol. The van der Waals surface area contributed by atoms with Crippen LogP contribution in [0.5, 0.6) is 0 Å². The van der Waals surface area contributed by atoms with Gasteiger partial charge in [0.2, 0.25) is 5.91 Å². The molecule has 0 bridgehead atoms. The first kappa shape index (κ1) is 18.1. The lowest BCUT2D eigenvalue weighted by Crippen LogP contribution is -2.35. The van der Waals surface area contributed by atoms with E-state index in [2.05, 4.69) is 26.6 Å². The summed E-state index contributed by atoms with van der Waals surface area (Å²) in [6.45, 7) is 5.16. The third kappa shape index (κ3) is 4.45. The Kier molecular flexibility index (Phi) is 5.62. The first-order valence-corrected chi connectivity index (χ1v) is 8.91. The van der Waals surface area contributed by atoms with Gasteiger partial charge in [-0.25, -0.2) is 4.98 Å². The molecule has 1 amide bonds. The SMILES string of the molecule is Cc1cccc(-c2n[nH]c(=S)n2CCC(=O)NC(C)Cn2ccnc2)c1. The van der Waals surface area contributed by atoms with Gasteiger partial charge in [-0.15, -0.1) is 0 Å². The molecule has 3 aromatic rings. The van der Waals surface area contributed by atoms with Crippen LogP contribution in [-0.2, 0) is 17.9 Å². The van der Waals surface area contributed by atoms with Crippen molar-refractivity contribution < 1.29 is 4.79 Å². The zero-order chi connectivity index (χ0) is 18.5. The van der Waals surface area contributed by atoms with E-state index in [1.807, 2.05) is 47.4 Å². The number of aromatic amines is 1. The summed E-state index contributed by atoms with van der Waals surface area (Å²) >= 11 is 5.33. The number of H-pyrrole nitrogens is 1. The predicted octanol–water partition coefficient (Wildman–Crippen LogP) is 2.71. The predicted molar refractivity (Wildman–Crippen MR) is 102 cm³/mol. The summed E-state index contributed by atoms with van der Waals surface area (Å²) in [6, 6.07) is 8.07. The number of rotatable bonds is 7. The van der Waals surface area contributed by atoms with Gasteiger partial charge in [0.25, 0.3) is 0 Å². The van der Waals surface area contributed by atoms with Crippen LogP contribution in [0.2, 0.25) is 0 Å². The van der Waals surface area contributed by atoms with Crippen molar-refractivity contribution in [3.63, 3.8) is 0 Å². The molecule has 0 spiro atoms. The van der Waals surface area contributed by atoms with Gasteiger partial charge in [0.15, 0.2) is 10.6 Å². The second-order valence-electron chi connectivity index (χ2n) is 6.35.